The van der Waals surface area contributed by atoms with Crippen LogP contribution in [0.15, 0.2) is 42.2 Å². The summed E-state index contributed by atoms with van der Waals surface area (Å²) in [6.45, 7) is 17.7. The summed E-state index contributed by atoms with van der Waals surface area (Å²) < 4.78 is 0. The third-order valence-corrected chi connectivity index (χ3v) is 2.07. The molecule has 1 unspecified atom stereocenters. The van der Waals surface area contributed by atoms with Crippen LogP contribution in [-0.4, -0.2) is 13.3 Å². The maximum absolute atomic E-state index is 3.78. The Hall–Kier alpha value is -1.31. The Kier molecular flexibility index (Phi) is 6.46. The average Bonchev–Trinajstić information content (AvgIpc) is 2.22. The molecule has 1 N–H and O–H groups in total. The molecule has 0 aliphatic rings. The Balaban J connectivity index is 3.60. The smallest absolute Gasteiger partial charge is 0.0324 e. The summed E-state index contributed by atoms with van der Waals surface area (Å²) >= 11 is 0. The highest BCUT2D eigenvalue weighted by Crippen LogP contribution is 2.10. The molecule has 0 heterocycles. The fraction of sp³-hybridized carbons (Fsp3) is 0.417. The van der Waals surface area contributed by atoms with Gasteiger partial charge in [0.25, 0.3) is 0 Å². The van der Waals surface area contributed by atoms with Crippen molar-refractivity contribution in [3.05, 3.63) is 37.2 Å². The quantitative estimate of drug-likeness (QED) is 0.464. The van der Waals surface area contributed by atoms with Crippen molar-refractivity contribution < 1.29 is 0 Å². The SMILES string of the molecule is C=CC(=C)NCC(C)CCC(=C)N=C. The van der Waals surface area contributed by atoms with Gasteiger partial charge in [-0.2, -0.15) is 0 Å². The van der Waals surface area contributed by atoms with Gasteiger partial charge in [-0.25, -0.2) is 0 Å². The van der Waals surface area contributed by atoms with E-state index in [1.807, 2.05) is 0 Å². The van der Waals surface area contributed by atoms with E-state index in [1.165, 1.54) is 0 Å². The minimum atomic E-state index is 0.574. The van der Waals surface area contributed by atoms with Gasteiger partial charge in [0.2, 0.25) is 0 Å². The van der Waals surface area contributed by atoms with Gasteiger partial charge in [-0.05, 0) is 31.6 Å². The minimum Gasteiger partial charge on any atom is -0.385 e. The first-order valence-corrected chi connectivity index (χ1v) is 4.79. The van der Waals surface area contributed by atoms with Crippen LogP contribution < -0.4 is 5.32 Å². The lowest BCUT2D eigenvalue weighted by Crippen LogP contribution is -2.19. The van der Waals surface area contributed by atoms with E-state index in [4.69, 9.17) is 0 Å². The Morgan fingerprint density at radius 3 is 2.64 bits per heavy atom. The van der Waals surface area contributed by atoms with Crippen LogP contribution in [0.2, 0.25) is 0 Å². The summed E-state index contributed by atoms with van der Waals surface area (Å²) in [5, 5.41) is 3.19. The van der Waals surface area contributed by atoms with E-state index in [0.717, 1.165) is 30.8 Å². The Morgan fingerprint density at radius 2 is 2.14 bits per heavy atom. The Labute approximate surface area is 87.1 Å². The summed E-state index contributed by atoms with van der Waals surface area (Å²) in [7, 11) is 0. The fourth-order valence-electron chi connectivity index (χ4n) is 0.972. The highest BCUT2D eigenvalue weighted by molar-refractivity contribution is 5.27. The number of aliphatic imine (C=N–C) groups is 1. The summed E-state index contributed by atoms with van der Waals surface area (Å²) in [5.41, 5.74) is 1.73. The van der Waals surface area contributed by atoms with E-state index < -0.39 is 0 Å². The standard InChI is InChI=1S/C12H20N2/c1-6-11(3)14-9-10(2)7-8-12(4)13-5/h6,10,14H,1,3-5,7-9H2,2H3. The fourth-order valence-corrected chi connectivity index (χ4v) is 0.972. The molecule has 0 aromatic rings. The van der Waals surface area contributed by atoms with Crippen LogP contribution in [0.1, 0.15) is 19.8 Å². The molecule has 14 heavy (non-hydrogen) atoms. The number of rotatable bonds is 8. The summed E-state index contributed by atoms with van der Waals surface area (Å²) in [4.78, 5) is 3.77. The Morgan fingerprint density at radius 1 is 1.50 bits per heavy atom. The zero-order valence-corrected chi connectivity index (χ0v) is 9.05. The lowest BCUT2D eigenvalue weighted by molar-refractivity contribution is 0.508. The van der Waals surface area contributed by atoms with Crippen molar-refractivity contribution in [1.29, 1.82) is 0 Å². The van der Waals surface area contributed by atoms with Crippen molar-refractivity contribution in [3.8, 4) is 0 Å². The van der Waals surface area contributed by atoms with Crippen molar-refractivity contribution in [2.75, 3.05) is 6.54 Å². The molecule has 0 saturated heterocycles. The molecule has 0 radical (unpaired) electrons. The van der Waals surface area contributed by atoms with Crippen LogP contribution in [0.4, 0.5) is 0 Å². The molecule has 0 aromatic carbocycles. The maximum Gasteiger partial charge on any atom is 0.0324 e. The largest absolute Gasteiger partial charge is 0.385 e. The van der Waals surface area contributed by atoms with Crippen molar-refractivity contribution in [2.24, 2.45) is 10.9 Å². The molecular formula is C12H20N2. The topological polar surface area (TPSA) is 24.4 Å². The molecule has 2 nitrogen and oxygen atoms in total. The van der Waals surface area contributed by atoms with E-state index in [2.05, 4.69) is 43.7 Å². The summed E-state index contributed by atoms with van der Waals surface area (Å²) in [6, 6.07) is 0. The Bertz CT molecular complexity index is 204. The van der Waals surface area contributed by atoms with E-state index in [1.54, 1.807) is 6.08 Å². The normalized spacial score (nSPS) is 11.5. The monoisotopic (exact) mass is 192 g/mol. The molecule has 0 rings (SSSR count). The van der Waals surface area contributed by atoms with E-state index >= 15 is 0 Å². The number of nitrogens with zero attached hydrogens (tertiary/aromatic N) is 1. The molecule has 0 spiro atoms. The predicted octanol–water partition coefficient (Wildman–Crippen LogP) is 2.91. The van der Waals surface area contributed by atoms with Gasteiger partial charge in [-0.3, -0.25) is 4.99 Å². The molecule has 0 fully saturated rings. The third-order valence-electron chi connectivity index (χ3n) is 2.07. The zero-order chi connectivity index (χ0) is 11.0. The van der Waals surface area contributed by atoms with Crippen LogP contribution in [-0.2, 0) is 0 Å². The zero-order valence-electron chi connectivity index (χ0n) is 9.05. The molecule has 0 aliphatic heterocycles. The molecule has 0 amide bonds. The van der Waals surface area contributed by atoms with Gasteiger partial charge in [-0.15, -0.1) is 0 Å². The van der Waals surface area contributed by atoms with E-state index in [9.17, 15) is 0 Å². The summed E-state index contributed by atoms with van der Waals surface area (Å²) in [5.74, 6) is 0.574. The number of hydrogen-bond donors (Lipinski definition) is 1. The van der Waals surface area contributed by atoms with Crippen molar-refractivity contribution in [1.82, 2.24) is 5.32 Å². The number of hydrogen-bond acceptors (Lipinski definition) is 2. The van der Waals surface area contributed by atoms with Crippen LogP contribution in [0.3, 0.4) is 0 Å². The van der Waals surface area contributed by atoms with Gasteiger partial charge < -0.3 is 5.32 Å². The minimum absolute atomic E-state index is 0.574. The van der Waals surface area contributed by atoms with Crippen LogP contribution >= 0.6 is 0 Å². The van der Waals surface area contributed by atoms with Gasteiger partial charge in [0.05, 0.1) is 0 Å². The average molecular weight is 192 g/mol. The molecule has 2 heteroatoms. The maximum atomic E-state index is 3.78. The first-order chi connectivity index (χ1) is 6.60. The molecule has 0 aromatic heterocycles. The second-order valence-corrected chi connectivity index (χ2v) is 3.48. The molecule has 0 saturated carbocycles. The van der Waals surface area contributed by atoms with Crippen molar-refractivity contribution in [3.63, 3.8) is 0 Å². The number of allylic oxidation sites excluding steroid dienone is 2. The summed E-state index contributed by atoms with van der Waals surface area (Å²) in [6.07, 6.45) is 3.69. The van der Waals surface area contributed by atoms with Crippen molar-refractivity contribution >= 4 is 6.72 Å². The van der Waals surface area contributed by atoms with Gasteiger partial charge in [-0.1, -0.05) is 26.7 Å². The lowest BCUT2D eigenvalue weighted by Gasteiger charge is -2.13. The van der Waals surface area contributed by atoms with Crippen LogP contribution in [0.25, 0.3) is 0 Å². The van der Waals surface area contributed by atoms with Crippen molar-refractivity contribution in [2.45, 2.75) is 19.8 Å². The lowest BCUT2D eigenvalue weighted by atomic mass is 10.0. The van der Waals surface area contributed by atoms with Gasteiger partial charge >= 0.3 is 0 Å². The molecule has 0 aliphatic carbocycles. The highest BCUT2D eigenvalue weighted by atomic mass is 14.9. The first kappa shape index (κ1) is 12.7. The molecular weight excluding hydrogens is 172 g/mol. The molecule has 78 valence electrons. The van der Waals surface area contributed by atoms with Gasteiger partial charge in [0, 0.05) is 17.9 Å². The van der Waals surface area contributed by atoms with E-state index in [0.29, 0.717) is 5.92 Å². The second kappa shape index (κ2) is 7.13. The van der Waals surface area contributed by atoms with Crippen LogP contribution in [0, 0.1) is 5.92 Å². The number of nitrogens with one attached hydrogen (secondary N) is 1. The molecule has 1 atom stereocenters. The predicted molar refractivity (Wildman–Crippen MR) is 64.4 cm³/mol. The highest BCUT2D eigenvalue weighted by Gasteiger charge is 2.02. The molecule has 0 bridgehead atoms. The van der Waals surface area contributed by atoms with Crippen LogP contribution in [0.5, 0.6) is 0 Å². The van der Waals surface area contributed by atoms with E-state index in [-0.39, 0.29) is 0 Å². The third kappa shape index (κ3) is 6.23. The second-order valence-electron chi connectivity index (χ2n) is 3.48. The van der Waals surface area contributed by atoms with Gasteiger partial charge in [0.1, 0.15) is 0 Å². The van der Waals surface area contributed by atoms with Gasteiger partial charge in [0.15, 0.2) is 0 Å². The first-order valence-electron chi connectivity index (χ1n) is 4.79.